The zero-order valence-electron chi connectivity index (χ0n) is 7.84. The van der Waals surface area contributed by atoms with E-state index in [9.17, 15) is 9.59 Å². The minimum absolute atomic E-state index is 0.189. The topological polar surface area (TPSA) is 55.7 Å². The first-order valence-corrected chi connectivity index (χ1v) is 4.61. The van der Waals surface area contributed by atoms with Gasteiger partial charge in [0, 0.05) is 5.92 Å². The predicted octanol–water partition coefficient (Wildman–Crippen LogP) is 0.686. The van der Waals surface area contributed by atoms with Gasteiger partial charge in [0.2, 0.25) is 6.08 Å². The summed E-state index contributed by atoms with van der Waals surface area (Å²) in [5.41, 5.74) is 0. The summed E-state index contributed by atoms with van der Waals surface area (Å²) in [6.07, 6.45) is 6.48. The Balaban J connectivity index is 2.26. The van der Waals surface area contributed by atoms with E-state index < -0.39 is 0 Å². The Kier molecular flexibility index (Phi) is 2.22. The first-order valence-electron chi connectivity index (χ1n) is 4.61. The summed E-state index contributed by atoms with van der Waals surface area (Å²) in [4.78, 5) is 25.4. The third kappa shape index (κ3) is 1.19. The molecule has 14 heavy (non-hydrogen) atoms. The van der Waals surface area contributed by atoms with Gasteiger partial charge in [-0.2, -0.15) is 0 Å². The van der Waals surface area contributed by atoms with Gasteiger partial charge >= 0.3 is 5.97 Å². The molecule has 1 saturated carbocycles. The normalized spacial score (nSPS) is 38.1. The SMILES string of the molecule is COC(=O)[C@H]1[C@H](N=C=O)[C@@H]2C=C[C@H]1C2. The maximum atomic E-state index is 11.4. The van der Waals surface area contributed by atoms with Gasteiger partial charge in [-0.3, -0.25) is 4.79 Å². The van der Waals surface area contributed by atoms with Crippen LogP contribution in [-0.2, 0) is 14.3 Å². The molecule has 0 radical (unpaired) electrons. The molecule has 0 N–H and O–H groups in total. The van der Waals surface area contributed by atoms with E-state index in [-0.39, 0.29) is 29.8 Å². The van der Waals surface area contributed by atoms with Crippen molar-refractivity contribution in [3.63, 3.8) is 0 Å². The number of esters is 1. The second-order valence-electron chi connectivity index (χ2n) is 3.71. The lowest BCUT2D eigenvalue weighted by molar-refractivity contribution is -0.146. The standard InChI is InChI=1S/C10H11NO3/c1-14-10(13)8-6-2-3-7(4-6)9(8)11-5-12/h2-3,6-9H,4H2,1H3/t6-,7+,8+,9+/m0/s1. The third-order valence-electron chi connectivity index (χ3n) is 3.09. The van der Waals surface area contributed by atoms with Crippen LogP contribution < -0.4 is 0 Å². The van der Waals surface area contributed by atoms with E-state index in [4.69, 9.17) is 4.74 Å². The van der Waals surface area contributed by atoms with Crippen LogP contribution in [0.15, 0.2) is 17.1 Å². The molecule has 4 atom stereocenters. The molecule has 2 aliphatic rings. The van der Waals surface area contributed by atoms with Gasteiger partial charge in [-0.1, -0.05) is 12.2 Å². The number of hydrogen-bond acceptors (Lipinski definition) is 4. The highest BCUT2D eigenvalue weighted by Crippen LogP contribution is 2.45. The van der Waals surface area contributed by atoms with Crippen molar-refractivity contribution in [2.45, 2.75) is 12.5 Å². The number of allylic oxidation sites excluding steroid dienone is 1. The van der Waals surface area contributed by atoms with E-state index in [2.05, 4.69) is 4.99 Å². The van der Waals surface area contributed by atoms with Crippen LogP contribution in [0.3, 0.4) is 0 Å². The Labute approximate surface area is 81.7 Å². The summed E-state index contributed by atoms with van der Waals surface area (Å²) in [6.45, 7) is 0. The Morgan fingerprint density at radius 3 is 2.86 bits per heavy atom. The van der Waals surface area contributed by atoms with Crippen molar-refractivity contribution >= 4 is 12.0 Å². The van der Waals surface area contributed by atoms with Gasteiger partial charge in [0.1, 0.15) is 0 Å². The third-order valence-corrected chi connectivity index (χ3v) is 3.09. The van der Waals surface area contributed by atoms with E-state index >= 15 is 0 Å². The number of isocyanates is 1. The van der Waals surface area contributed by atoms with Crippen LogP contribution in [0, 0.1) is 17.8 Å². The van der Waals surface area contributed by atoms with Gasteiger partial charge in [0.05, 0.1) is 19.1 Å². The van der Waals surface area contributed by atoms with Gasteiger partial charge in [0.15, 0.2) is 0 Å². The number of ether oxygens (including phenoxy) is 1. The minimum atomic E-state index is -0.281. The highest BCUT2D eigenvalue weighted by Gasteiger charge is 2.49. The molecule has 0 unspecified atom stereocenters. The molecule has 74 valence electrons. The molecule has 0 aliphatic heterocycles. The fraction of sp³-hybridized carbons (Fsp3) is 0.600. The average Bonchev–Trinajstić information content (AvgIpc) is 2.77. The molecule has 0 heterocycles. The van der Waals surface area contributed by atoms with E-state index in [0.29, 0.717) is 0 Å². The van der Waals surface area contributed by atoms with Gasteiger partial charge in [-0.25, -0.2) is 9.79 Å². The molecule has 0 amide bonds. The largest absolute Gasteiger partial charge is 0.469 e. The smallest absolute Gasteiger partial charge is 0.311 e. The van der Waals surface area contributed by atoms with Gasteiger partial charge < -0.3 is 4.74 Å². The zero-order chi connectivity index (χ0) is 10.1. The molecule has 4 nitrogen and oxygen atoms in total. The Hall–Kier alpha value is -1.41. The average molecular weight is 193 g/mol. The van der Waals surface area contributed by atoms with Gasteiger partial charge in [-0.15, -0.1) is 0 Å². The number of nitrogens with zero attached hydrogens (tertiary/aromatic N) is 1. The van der Waals surface area contributed by atoms with Crippen LogP contribution in [0.25, 0.3) is 0 Å². The summed E-state index contributed by atoms with van der Waals surface area (Å²) < 4.78 is 4.70. The lowest BCUT2D eigenvalue weighted by Crippen LogP contribution is -2.31. The Morgan fingerprint density at radius 2 is 2.21 bits per heavy atom. The van der Waals surface area contributed by atoms with E-state index in [1.807, 2.05) is 12.2 Å². The second-order valence-corrected chi connectivity index (χ2v) is 3.71. The maximum absolute atomic E-state index is 11.4. The van der Waals surface area contributed by atoms with Crippen molar-refractivity contribution in [1.29, 1.82) is 0 Å². The fourth-order valence-corrected chi connectivity index (χ4v) is 2.48. The van der Waals surface area contributed by atoms with Crippen LogP contribution in [-0.4, -0.2) is 25.2 Å². The minimum Gasteiger partial charge on any atom is -0.469 e. The zero-order valence-corrected chi connectivity index (χ0v) is 7.84. The molecule has 2 aliphatic carbocycles. The number of methoxy groups -OCH3 is 1. The highest BCUT2D eigenvalue weighted by atomic mass is 16.5. The Morgan fingerprint density at radius 1 is 1.50 bits per heavy atom. The molecular weight excluding hydrogens is 182 g/mol. The quantitative estimate of drug-likeness (QED) is 0.280. The van der Waals surface area contributed by atoms with Crippen molar-refractivity contribution in [3.8, 4) is 0 Å². The molecule has 4 heteroatoms. The lowest BCUT2D eigenvalue weighted by Gasteiger charge is -2.20. The number of rotatable bonds is 2. The summed E-state index contributed by atoms with van der Waals surface area (Å²) in [6, 6.07) is -0.255. The molecule has 0 saturated heterocycles. The predicted molar refractivity (Wildman–Crippen MR) is 48.2 cm³/mol. The van der Waals surface area contributed by atoms with Crippen molar-refractivity contribution < 1.29 is 14.3 Å². The van der Waals surface area contributed by atoms with Crippen LogP contribution in [0.2, 0.25) is 0 Å². The van der Waals surface area contributed by atoms with Crippen LogP contribution in [0.1, 0.15) is 6.42 Å². The molecule has 0 aromatic rings. The van der Waals surface area contributed by atoms with Crippen molar-refractivity contribution in [2.24, 2.45) is 22.7 Å². The number of hydrogen-bond donors (Lipinski definition) is 0. The van der Waals surface area contributed by atoms with Crippen molar-refractivity contribution in [1.82, 2.24) is 0 Å². The van der Waals surface area contributed by atoms with Crippen molar-refractivity contribution in [2.75, 3.05) is 7.11 Å². The second kappa shape index (κ2) is 3.39. The van der Waals surface area contributed by atoms with Crippen LogP contribution in [0.4, 0.5) is 0 Å². The number of carbonyl (C=O) groups excluding carboxylic acids is 2. The number of carbonyl (C=O) groups is 1. The molecule has 1 fully saturated rings. The summed E-state index contributed by atoms with van der Waals surface area (Å²) in [5.74, 6) is -0.151. The molecule has 0 aromatic heterocycles. The first kappa shape index (κ1) is 9.16. The fourth-order valence-electron chi connectivity index (χ4n) is 2.48. The number of aliphatic imine (C=N–C) groups is 1. The van der Waals surface area contributed by atoms with Gasteiger partial charge in [-0.05, 0) is 12.3 Å². The molecule has 2 bridgehead atoms. The van der Waals surface area contributed by atoms with Crippen molar-refractivity contribution in [3.05, 3.63) is 12.2 Å². The van der Waals surface area contributed by atoms with Crippen LogP contribution >= 0.6 is 0 Å². The lowest BCUT2D eigenvalue weighted by atomic mass is 9.89. The maximum Gasteiger partial charge on any atom is 0.311 e. The highest BCUT2D eigenvalue weighted by molar-refractivity contribution is 5.75. The van der Waals surface area contributed by atoms with Gasteiger partial charge in [0.25, 0.3) is 0 Å². The monoisotopic (exact) mass is 193 g/mol. The summed E-state index contributed by atoms with van der Waals surface area (Å²) in [5, 5.41) is 0. The molecular formula is C10H11NO3. The van der Waals surface area contributed by atoms with E-state index in [0.717, 1.165) is 6.42 Å². The number of fused-ring (bicyclic) bond motifs is 2. The molecule has 2 rings (SSSR count). The molecule has 0 spiro atoms. The van der Waals surface area contributed by atoms with E-state index in [1.165, 1.54) is 13.2 Å². The van der Waals surface area contributed by atoms with E-state index in [1.54, 1.807) is 0 Å². The molecule has 0 aromatic carbocycles. The Bertz CT molecular complexity index is 330. The van der Waals surface area contributed by atoms with Crippen LogP contribution in [0.5, 0.6) is 0 Å². The summed E-state index contributed by atoms with van der Waals surface area (Å²) >= 11 is 0. The first-order chi connectivity index (χ1) is 6.77. The summed E-state index contributed by atoms with van der Waals surface area (Å²) in [7, 11) is 1.36.